The van der Waals surface area contributed by atoms with Crippen LogP contribution in [0.1, 0.15) is 55.7 Å². The van der Waals surface area contributed by atoms with Gasteiger partial charge in [-0.25, -0.2) is 4.79 Å². The fraction of sp³-hybridized carbons (Fsp3) is 0.548. The summed E-state index contributed by atoms with van der Waals surface area (Å²) in [5.41, 5.74) is 6.11. The second kappa shape index (κ2) is 11.7. The van der Waals surface area contributed by atoms with E-state index in [9.17, 15) is 10.1 Å². The van der Waals surface area contributed by atoms with Crippen LogP contribution in [-0.2, 0) is 18.3 Å². The highest BCUT2D eigenvalue weighted by atomic mass is 16.5. The van der Waals surface area contributed by atoms with Crippen molar-refractivity contribution in [1.82, 2.24) is 10.2 Å². The highest BCUT2D eigenvalue weighted by molar-refractivity contribution is 5.90. The minimum atomic E-state index is -0.146. The lowest BCUT2D eigenvalue weighted by Crippen LogP contribution is -2.50. The topological polar surface area (TPSA) is 80.6 Å². The van der Waals surface area contributed by atoms with Gasteiger partial charge in [0.1, 0.15) is 5.75 Å². The smallest absolute Gasteiger partial charge is 0.321 e. The fourth-order valence-electron chi connectivity index (χ4n) is 6.73. The Morgan fingerprint density at radius 2 is 1.89 bits per heavy atom. The molecule has 7 heteroatoms. The maximum Gasteiger partial charge on any atom is 0.321 e. The standard InChI is InChI=1S/C31H41N5O2/c1-23(22-32)21-31(12-14-33-15-13-31)27-20-25(10-11-29(27)38-2)34-30(37)36-18-16-35(17-19-36)28-9-5-7-24-6-3-4-8-26(24)28/h5,7,9-11,20,23,33H,3-4,6,8,12-19,21H2,1-2H3,(H,34,37). The third-order valence-corrected chi connectivity index (χ3v) is 8.78. The van der Waals surface area contributed by atoms with Gasteiger partial charge in [0.15, 0.2) is 0 Å². The molecule has 0 aromatic heterocycles. The van der Waals surface area contributed by atoms with Gasteiger partial charge in [0.05, 0.1) is 13.2 Å². The van der Waals surface area contributed by atoms with Crippen LogP contribution in [-0.4, -0.2) is 57.3 Å². The zero-order valence-corrected chi connectivity index (χ0v) is 22.9. The van der Waals surface area contributed by atoms with Crippen LogP contribution in [0.15, 0.2) is 36.4 Å². The van der Waals surface area contributed by atoms with Crippen LogP contribution >= 0.6 is 0 Å². The predicted molar refractivity (Wildman–Crippen MR) is 152 cm³/mol. The molecule has 2 N–H and O–H groups in total. The summed E-state index contributed by atoms with van der Waals surface area (Å²) in [6.45, 7) is 6.91. The molecule has 7 nitrogen and oxygen atoms in total. The van der Waals surface area contributed by atoms with Gasteiger partial charge in [0, 0.05) is 54.5 Å². The van der Waals surface area contributed by atoms with Crippen molar-refractivity contribution in [2.45, 2.75) is 57.3 Å². The minimum Gasteiger partial charge on any atom is -0.496 e. The third kappa shape index (κ3) is 5.47. The predicted octanol–water partition coefficient (Wildman–Crippen LogP) is 5.10. The van der Waals surface area contributed by atoms with Crippen LogP contribution < -0.4 is 20.3 Å². The number of anilines is 2. The van der Waals surface area contributed by atoms with Gasteiger partial charge in [0.25, 0.3) is 0 Å². The second-order valence-corrected chi connectivity index (χ2v) is 11.2. The number of rotatable bonds is 6. The Morgan fingerprint density at radius 1 is 1.13 bits per heavy atom. The maximum atomic E-state index is 13.3. The molecular formula is C31H41N5O2. The van der Waals surface area contributed by atoms with Crippen molar-refractivity contribution >= 4 is 17.4 Å². The van der Waals surface area contributed by atoms with E-state index < -0.39 is 0 Å². The van der Waals surface area contributed by atoms with E-state index in [-0.39, 0.29) is 17.4 Å². The number of nitrogens with one attached hydrogen (secondary N) is 2. The second-order valence-electron chi connectivity index (χ2n) is 11.2. The number of urea groups is 1. The lowest BCUT2D eigenvalue weighted by Gasteiger charge is -2.40. The number of hydrogen-bond donors (Lipinski definition) is 2. The molecule has 2 heterocycles. The first-order valence-corrected chi connectivity index (χ1v) is 14.2. The van der Waals surface area contributed by atoms with Crippen molar-refractivity contribution in [3.8, 4) is 11.8 Å². The Kier molecular flexibility index (Phi) is 8.09. The molecule has 2 fully saturated rings. The SMILES string of the molecule is COc1ccc(NC(=O)N2CCN(c3cccc4c3CCCC4)CC2)cc1C1(CC(C)C#N)CCNCC1. The highest BCUT2D eigenvalue weighted by Crippen LogP contribution is 2.44. The molecular weight excluding hydrogens is 474 g/mol. The molecule has 202 valence electrons. The molecule has 2 aromatic rings. The Balaban J connectivity index is 1.28. The average molecular weight is 516 g/mol. The maximum absolute atomic E-state index is 13.3. The first-order chi connectivity index (χ1) is 18.5. The van der Waals surface area contributed by atoms with Gasteiger partial charge in [-0.1, -0.05) is 12.1 Å². The number of nitrogens with zero attached hydrogens (tertiary/aromatic N) is 3. The Hall–Kier alpha value is -3.24. The zero-order chi connectivity index (χ0) is 26.5. The number of benzene rings is 2. The van der Waals surface area contributed by atoms with E-state index in [1.54, 1.807) is 7.11 Å². The van der Waals surface area contributed by atoms with Gasteiger partial charge >= 0.3 is 6.03 Å². The van der Waals surface area contributed by atoms with Crippen LogP contribution in [0.5, 0.6) is 5.75 Å². The average Bonchev–Trinajstić information content (AvgIpc) is 2.97. The van der Waals surface area contributed by atoms with E-state index in [1.807, 2.05) is 24.0 Å². The van der Waals surface area contributed by atoms with Gasteiger partial charge in [-0.3, -0.25) is 0 Å². The third-order valence-electron chi connectivity index (χ3n) is 8.78. The van der Waals surface area contributed by atoms with Crippen LogP contribution in [0.25, 0.3) is 0 Å². The molecule has 5 rings (SSSR count). The number of carbonyl (C=O) groups is 1. The number of fused-ring (bicyclic) bond motifs is 1. The molecule has 0 bridgehead atoms. The number of carbonyl (C=O) groups excluding carboxylic acids is 1. The van der Waals surface area contributed by atoms with Crippen molar-refractivity contribution in [3.05, 3.63) is 53.1 Å². The summed E-state index contributed by atoms with van der Waals surface area (Å²) in [4.78, 5) is 17.7. The fourth-order valence-corrected chi connectivity index (χ4v) is 6.73. The first kappa shape index (κ1) is 26.4. The molecule has 0 spiro atoms. The Morgan fingerprint density at radius 3 is 2.63 bits per heavy atom. The summed E-state index contributed by atoms with van der Waals surface area (Å²) in [5.74, 6) is 0.775. The van der Waals surface area contributed by atoms with E-state index in [1.165, 1.54) is 36.1 Å². The molecule has 0 radical (unpaired) electrons. The molecule has 1 unspecified atom stereocenters. The van der Waals surface area contributed by atoms with Crippen LogP contribution in [0, 0.1) is 17.2 Å². The van der Waals surface area contributed by atoms with Crippen molar-refractivity contribution in [1.29, 1.82) is 5.26 Å². The summed E-state index contributed by atoms with van der Waals surface area (Å²) >= 11 is 0. The summed E-state index contributed by atoms with van der Waals surface area (Å²) in [6, 6.07) is 15.1. The summed E-state index contributed by atoms with van der Waals surface area (Å²) in [6.07, 6.45) is 7.57. The van der Waals surface area contributed by atoms with Gasteiger partial charge in [-0.05, 0) is 100 Å². The normalized spacial score (nSPS) is 19.7. The number of nitriles is 1. The van der Waals surface area contributed by atoms with Crippen LogP contribution in [0.4, 0.5) is 16.2 Å². The highest BCUT2D eigenvalue weighted by Gasteiger charge is 2.38. The minimum absolute atomic E-state index is 0.0532. The molecule has 2 aromatic carbocycles. The first-order valence-electron chi connectivity index (χ1n) is 14.2. The van der Waals surface area contributed by atoms with E-state index in [0.717, 1.165) is 68.9 Å². The van der Waals surface area contributed by atoms with Gasteiger partial charge < -0.3 is 25.2 Å². The molecule has 3 aliphatic rings. The summed E-state index contributed by atoms with van der Waals surface area (Å²) in [5, 5.41) is 16.2. The molecule has 2 saturated heterocycles. The van der Waals surface area contributed by atoms with Crippen molar-refractivity contribution < 1.29 is 9.53 Å². The number of hydrogen-bond acceptors (Lipinski definition) is 5. The number of methoxy groups -OCH3 is 1. The Bertz CT molecular complexity index is 1180. The lowest BCUT2D eigenvalue weighted by atomic mass is 9.68. The molecule has 0 saturated carbocycles. The summed E-state index contributed by atoms with van der Waals surface area (Å²) < 4.78 is 5.78. The number of piperazine rings is 1. The molecule has 2 amide bonds. The van der Waals surface area contributed by atoms with E-state index in [0.29, 0.717) is 13.1 Å². The number of ether oxygens (including phenoxy) is 1. The number of piperidine rings is 1. The molecule has 2 aliphatic heterocycles. The van der Waals surface area contributed by atoms with Crippen molar-refractivity contribution in [2.75, 3.05) is 56.6 Å². The molecule has 1 aliphatic carbocycles. The van der Waals surface area contributed by atoms with Crippen LogP contribution in [0.3, 0.4) is 0 Å². The van der Waals surface area contributed by atoms with E-state index in [4.69, 9.17) is 4.74 Å². The molecule has 1 atom stereocenters. The Labute approximate surface area is 227 Å². The largest absolute Gasteiger partial charge is 0.496 e. The van der Waals surface area contributed by atoms with E-state index >= 15 is 0 Å². The van der Waals surface area contributed by atoms with Gasteiger partial charge in [-0.2, -0.15) is 5.26 Å². The van der Waals surface area contributed by atoms with Gasteiger partial charge in [-0.15, -0.1) is 0 Å². The van der Waals surface area contributed by atoms with E-state index in [2.05, 4.69) is 45.9 Å². The number of aryl methyl sites for hydroxylation is 1. The zero-order valence-electron chi connectivity index (χ0n) is 22.9. The van der Waals surface area contributed by atoms with Crippen LogP contribution in [0.2, 0.25) is 0 Å². The number of amides is 2. The lowest BCUT2D eigenvalue weighted by molar-refractivity contribution is 0.208. The quantitative estimate of drug-likeness (QED) is 0.560. The monoisotopic (exact) mass is 515 g/mol. The van der Waals surface area contributed by atoms with Crippen molar-refractivity contribution in [2.24, 2.45) is 5.92 Å². The van der Waals surface area contributed by atoms with Crippen molar-refractivity contribution in [3.63, 3.8) is 0 Å². The molecule has 38 heavy (non-hydrogen) atoms. The summed E-state index contributed by atoms with van der Waals surface area (Å²) in [7, 11) is 1.70. The van der Waals surface area contributed by atoms with Gasteiger partial charge in [0.2, 0.25) is 0 Å².